The zero-order valence-electron chi connectivity index (χ0n) is 28.6. The van der Waals surface area contributed by atoms with Crippen LogP contribution in [0, 0.1) is 0 Å². The van der Waals surface area contributed by atoms with Gasteiger partial charge in [0.1, 0.15) is 0 Å². The van der Waals surface area contributed by atoms with Gasteiger partial charge in [0.25, 0.3) is 23.6 Å². The van der Waals surface area contributed by atoms with Gasteiger partial charge in [-0.15, -0.1) is 0 Å². The maximum Gasteiger partial charge on any atom is 0.261 e. The second kappa shape index (κ2) is 14.4. The first-order valence-corrected chi connectivity index (χ1v) is 20.5. The molecule has 2 heterocycles. The molecule has 4 aromatic carbocycles. The first-order chi connectivity index (χ1) is 22.5. The predicted octanol–water partition coefficient (Wildman–Crippen LogP) is 4.62. The molecule has 0 radical (unpaired) electrons. The number of rotatable bonds is 14. The summed E-state index contributed by atoms with van der Waals surface area (Å²) in [6.07, 6.45) is 5.12. The van der Waals surface area contributed by atoms with Gasteiger partial charge in [-0.1, -0.05) is 80.1 Å². The number of hydrogen-bond donors (Lipinski definition) is 0. The number of carbonyl (C=O) groups is 4. The topological polar surface area (TPSA) is 74.8 Å². The molecule has 0 spiro atoms. The molecule has 0 saturated heterocycles. The van der Waals surface area contributed by atoms with Gasteiger partial charge in [0, 0.05) is 60.6 Å². The second-order valence-electron chi connectivity index (χ2n) is 14.8. The van der Waals surface area contributed by atoms with Gasteiger partial charge < -0.3 is 21.5 Å². The van der Waals surface area contributed by atoms with E-state index in [1.54, 1.807) is 0 Å². The largest absolute Gasteiger partial charge is 1.00 e. The highest BCUT2D eigenvalue weighted by molar-refractivity contribution is 6.77. The van der Waals surface area contributed by atoms with Crippen LogP contribution >= 0.6 is 0 Å². The molecule has 48 heavy (non-hydrogen) atoms. The molecule has 4 aromatic rings. The van der Waals surface area contributed by atoms with Crippen LogP contribution in [0.4, 0.5) is 0 Å². The average Bonchev–Trinajstić information content (AvgIpc) is 3.05. The fourth-order valence-electron chi connectivity index (χ4n) is 7.50. The fraction of sp³-hybridized carbons (Fsp3) is 0.385. The molecule has 0 unspecified atom stereocenters. The number of hydrogen-bond acceptors (Lipinski definition) is 4. The summed E-state index contributed by atoms with van der Waals surface area (Å²) in [7, 11) is 3.00. The molecular formula is C39H46BrN3O4Si. The average molecular weight is 729 g/mol. The smallest absolute Gasteiger partial charge is 0.261 e. The summed E-state index contributed by atoms with van der Waals surface area (Å²) in [5, 5.41) is 3.43. The van der Waals surface area contributed by atoms with Crippen LogP contribution in [0.3, 0.4) is 0 Å². The van der Waals surface area contributed by atoms with Crippen molar-refractivity contribution in [1.29, 1.82) is 0 Å². The van der Waals surface area contributed by atoms with Crippen molar-refractivity contribution >= 4 is 53.2 Å². The Balaban J connectivity index is 0.00000451. The highest BCUT2D eigenvalue weighted by atomic mass is 79.9. The van der Waals surface area contributed by atoms with E-state index in [-0.39, 0.29) is 40.6 Å². The maximum absolute atomic E-state index is 13.2. The summed E-state index contributed by atoms with van der Waals surface area (Å²) >= 11 is 0. The number of amides is 4. The van der Waals surface area contributed by atoms with E-state index in [0.29, 0.717) is 35.3 Å². The minimum Gasteiger partial charge on any atom is -1.00 e. The van der Waals surface area contributed by atoms with E-state index >= 15 is 0 Å². The van der Waals surface area contributed by atoms with Gasteiger partial charge >= 0.3 is 0 Å². The van der Waals surface area contributed by atoms with Crippen LogP contribution in [0.25, 0.3) is 21.5 Å². The molecule has 6 rings (SSSR count). The van der Waals surface area contributed by atoms with Crippen molar-refractivity contribution in [2.45, 2.75) is 57.3 Å². The van der Waals surface area contributed by atoms with Gasteiger partial charge in [-0.3, -0.25) is 29.0 Å². The highest BCUT2D eigenvalue weighted by Crippen LogP contribution is 2.32. The van der Waals surface area contributed by atoms with E-state index in [0.717, 1.165) is 64.4 Å². The molecule has 252 valence electrons. The predicted molar refractivity (Wildman–Crippen MR) is 191 cm³/mol. The molecule has 0 bridgehead atoms. The Hall–Kier alpha value is -3.66. The lowest BCUT2D eigenvalue weighted by Crippen LogP contribution is -3.00. The third-order valence-electron chi connectivity index (χ3n) is 10.2. The summed E-state index contributed by atoms with van der Waals surface area (Å²) < 4.78 is 0.859. The number of nitrogens with zero attached hydrogens (tertiary/aromatic N) is 3. The Morgan fingerprint density at radius 1 is 0.521 bits per heavy atom. The lowest BCUT2D eigenvalue weighted by Gasteiger charge is -2.32. The van der Waals surface area contributed by atoms with Crippen molar-refractivity contribution in [3.8, 4) is 0 Å². The number of carbonyl (C=O) groups excluding carboxylic acids is 4. The Labute approximate surface area is 295 Å². The molecule has 0 atom stereocenters. The Morgan fingerprint density at radius 2 is 0.896 bits per heavy atom. The number of imide groups is 2. The number of halogens is 1. The van der Waals surface area contributed by atoms with Gasteiger partial charge in [-0.25, -0.2) is 0 Å². The number of benzene rings is 4. The van der Waals surface area contributed by atoms with E-state index in [2.05, 4.69) is 27.2 Å². The fourth-order valence-corrected chi connectivity index (χ4v) is 10.1. The van der Waals surface area contributed by atoms with Gasteiger partial charge in [0.15, 0.2) is 0 Å². The molecule has 0 aromatic heterocycles. The van der Waals surface area contributed by atoms with Crippen molar-refractivity contribution in [1.82, 2.24) is 9.80 Å². The second-order valence-corrected chi connectivity index (χ2v) is 20.1. The molecule has 4 amide bonds. The van der Waals surface area contributed by atoms with E-state index in [4.69, 9.17) is 0 Å². The van der Waals surface area contributed by atoms with Crippen LogP contribution in [0.5, 0.6) is 0 Å². The van der Waals surface area contributed by atoms with Crippen LogP contribution in [-0.2, 0) is 0 Å². The van der Waals surface area contributed by atoms with E-state index < -0.39 is 8.07 Å². The summed E-state index contributed by atoms with van der Waals surface area (Å²) in [6.45, 7) is 7.70. The van der Waals surface area contributed by atoms with Crippen LogP contribution in [0.1, 0.15) is 73.5 Å². The van der Waals surface area contributed by atoms with Gasteiger partial charge in [-0.2, -0.15) is 0 Å². The third-order valence-corrected chi connectivity index (χ3v) is 13.6. The zero-order chi connectivity index (χ0) is 33.3. The monoisotopic (exact) mass is 727 g/mol. The number of unbranched alkanes of at least 4 members (excludes halogenated alkanes) is 2. The highest BCUT2D eigenvalue weighted by Gasteiger charge is 2.34. The van der Waals surface area contributed by atoms with Gasteiger partial charge in [0.2, 0.25) is 0 Å². The standard InChI is InChI=1S/C39H46N3O4Si.BrH/c1-42(2,25-12-22-40-36(43)30-18-8-14-28-15-9-19-31(34(28)30)37(40)44)24-6-5-7-26-47(3,4)27-13-23-41-38(45)32-20-10-16-29-17-11-21-33(35(29)32)39(41)46;/h8-11,14-21H,5-7,12-13,22-27H2,1-4H3;1H/q+1;/p-1. The normalized spacial score (nSPS) is 14.7. The minimum absolute atomic E-state index is 0. The number of quaternary nitrogens is 1. The summed E-state index contributed by atoms with van der Waals surface area (Å²) in [5.41, 5.74) is 2.50. The zero-order valence-corrected chi connectivity index (χ0v) is 31.1. The molecule has 2 aliphatic rings. The van der Waals surface area contributed by atoms with Crippen LogP contribution in [0.15, 0.2) is 72.8 Å². The summed E-state index contributed by atoms with van der Waals surface area (Å²) in [5.74, 6) is -0.713. The van der Waals surface area contributed by atoms with Crippen LogP contribution in [-0.4, -0.2) is 86.3 Å². The van der Waals surface area contributed by atoms with Crippen molar-refractivity contribution < 1.29 is 40.6 Å². The minimum atomic E-state index is -1.47. The first kappa shape index (κ1) is 35.6. The molecule has 2 aliphatic heterocycles. The van der Waals surface area contributed by atoms with Crippen LogP contribution in [0.2, 0.25) is 25.2 Å². The molecule has 0 fully saturated rings. The lowest BCUT2D eigenvalue weighted by molar-refractivity contribution is -0.890. The molecular weight excluding hydrogens is 682 g/mol. The quantitative estimate of drug-likeness (QED) is 0.0823. The maximum atomic E-state index is 13.2. The Morgan fingerprint density at radius 3 is 1.33 bits per heavy atom. The Bertz CT molecular complexity index is 1650. The van der Waals surface area contributed by atoms with Crippen molar-refractivity contribution in [3.05, 3.63) is 95.1 Å². The third kappa shape index (κ3) is 7.19. The van der Waals surface area contributed by atoms with Crippen molar-refractivity contribution in [2.75, 3.05) is 40.3 Å². The summed E-state index contributed by atoms with van der Waals surface area (Å²) in [6, 6.07) is 25.0. The molecule has 0 N–H and O–H groups in total. The van der Waals surface area contributed by atoms with E-state index in [1.165, 1.54) is 28.7 Å². The van der Waals surface area contributed by atoms with Gasteiger partial charge in [0.05, 0.1) is 27.2 Å². The first-order valence-electron chi connectivity index (χ1n) is 17.1. The molecule has 9 heteroatoms. The lowest BCUT2D eigenvalue weighted by atomic mass is 9.94. The van der Waals surface area contributed by atoms with E-state index in [9.17, 15) is 19.2 Å². The van der Waals surface area contributed by atoms with Crippen molar-refractivity contribution in [3.63, 3.8) is 0 Å². The van der Waals surface area contributed by atoms with Gasteiger partial charge in [-0.05, 0) is 54.3 Å². The summed E-state index contributed by atoms with van der Waals surface area (Å²) in [4.78, 5) is 55.8. The SMILES string of the molecule is C[N+](C)(CCCCC[Si](C)(C)CCCN1C(=O)c2cccc3cccc(c23)C1=O)CCCN1C(=O)c2cccc3cccc(c23)C1=O.[Br-]. The molecule has 7 nitrogen and oxygen atoms in total. The van der Waals surface area contributed by atoms with Crippen molar-refractivity contribution in [2.24, 2.45) is 0 Å². The van der Waals surface area contributed by atoms with E-state index in [1.807, 2.05) is 72.8 Å². The molecule has 0 saturated carbocycles. The van der Waals surface area contributed by atoms with Crippen LogP contribution < -0.4 is 17.0 Å². The molecule has 0 aliphatic carbocycles. The Kier molecular flexibility index (Phi) is 10.7.